The van der Waals surface area contributed by atoms with Crippen LogP contribution in [-0.4, -0.2) is 50.0 Å². The number of nitrogens with zero attached hydrogens (tertiary/aromatic N) is 4. The number of amides is 1. The maximum absolute atomic E-state index is 12.9. The van der Waals surface area contributed by atoms with Crippen LogP contribution in [0.2, 0.25) is 0 Å². The fourth-order valence-electron chi connectivity index (χ4n) is 3.45. The maximum atomic E-state index is 12.9. The quantitative estimate of drug-likeness (QED) is 0.648. The van der Waals surface area contributed by atoms with Crippen LogP contribution in [0.1, 0.15) is 25.1 Å². The first-order valence-corrected chi connectivity index (χ1v) is 10.1. The molecule has 0 bridgehead atoms. The molecule has 0 saturated heterocycles. The average molecular weight is 421 g/mol. The second kappa shape index (κ2) is 8.95. The van der Waals surface area contributed by atoms with Crippen molar-refractivity contribution in [2.75, 3.05) is 13.2 Å². The van der Waals surface area contributed by atoms with Crippen molar-refractivity contribution in [1.82, 2.24) is 24.8 Å². The molecule has 3 heterocycles. The number of carbonyl (C=O) groups is 1. The maximum Gasteiger partial charge on any atom is 0.263 e. The zero-order chi connectivity index (χ0) is 21.8. The first-order valence-electron chi connectivity index (χ1n) is 10.1. The van der Waals surface area contributed by atoms with E-state index in [0.717, 1.165) is 5.75 Å². The summed E-state index contributed by atoms with van der Waals surface area (Å²) in [7, 11) is 0. The minimum absolute atomic E-state index is 0.183. The van der Waals surface area contributed by atoms with Gasteiger partial charge in [0.15, 0.2) is 11.9 Å². The van der Waals surface area contributed by atoms with E-state index in [4.69, 9.17) is 9.47 Å². The molecule has 1 aliphatic rings. The predicted molar refractivity (Wildman–Crippen MR) is 113 cm³/mol. The molecule has 1 N–H and O–H groups in total. The van der Waals surface area contributed by atoms with Crippen LogP contribution in [0.4, 0.5) is 0 Å². The Balaban J connectivity index is 1.45. The lowest BCUT2D eigenvalue weighted by atomic mass is 10.1. The molecule has 1 amide bonds. The van der Waals surface area contributed by atoms with E-state index in [2.05, 4.69) is 19.9 Å². The lowest BCUT2D eigenvalue weighted by molar-refractivity contribution is -0.138. The van der Waals surface area contributed by atoms with Crippen LogP contribution in [0.25, 0.3) is 11.5 Å². The van der Waals surface area contributed by atoms with Crippen molar-refractivity contribution in [2.24, 2.45) is 0 Å². The van der Waals surface area contributed by atoms with Gasteiger partial charge >= 0.3 is 0 Å². The van der Waals surface area contributed by atoms with Gasteiger partial charge in [-0.15, -0.1) is 0 Å². The highest BCUT2D eigenvalue weighted by molar-refractivity contribution is 5.81. The average Bonchev–Trinajstić information content (AvgIpc) is 2.80. The Hall–Kier alpha value is -3.75. The van der Waals surface area contributed by atoms with E-state index in [1.165, 1.54) is 0 Å². The molecule has 9 heteroatoms. The molecule has 3 aromatic rings. The molecule has 1 aliphatic heterocycles. The standard InChI is InChI=1S/C22H23N5O4/c1-3-30-15-4-6-16(7-5-15)31-14(2)22(29)27-11-8-18-17(13-27)21(28)26-20(25-18)19-12-23-9-10-24-19/h4-7,9-10,12,14H,3,8,11,13H2,1-2H3,(H,25,26,28). The van der Waals surface area contributed by atoms with E-state index in [1.54, 1.807) is 54.7 Å². The topological polar surface area (TPSA) is 110 Å². The highest BCUT2D eigenvalue weighted by Crippen LogP contribution is 2.21. The molecule has 0 spiro atoms. The van der Waals surface area contributed by atoms with Gasteiger partial charge in [0.25, 0.3) is 11.5 Å². The molecular weight excluding hydrogens is 398 g/mol. The van der Waals surface area contributed by atoms with Gasteiger partial charge in [0, 0.05) is 25.4 Å². The summed E-state index contributed by atoms with van der Waals surface area (Å²) in [4.78, 5) is 42.6. The van der Waals surface area contributed by atoms with E-state index >= 15 is 0 Å². The van der Waals surface area contributed by atoms with Gasteiger partial charge in [-0.25, -0.2) is 9.97 Å². The Bertz CT molecular complexity index is 1110. The minimum Gasteiger partial charge on any atom is -0.494 e. The van der Waals surface area contributed by atoms with Crippen molar-refractivity contribution < 1.29 is 14.3 Å². The molecular formula is C22H23N5O4. The molecule has 0 saturated carbocycles. The van der Waals surface area contributed by atoms with Gasteiger partial charge in [-0.3, -0.25) is 14.6 Å². The van der Waals surface area contributed by atoms with Crippen molar-refractivity contribution in [2.45, 2.75) is 32.9 Å². The second-order valence-corrected chi connectivity index (χ2v) is 7.10. The summed E-state index contributed by atoms with van der Waals surface area (Å²) in [5.74, 6) is 1.52. The highest BCUT2D eigenvalue weighted by atomic mass is 16.5. The molecule has 4 rings (SSSR count). The Morgan fingerprint density at radius 2 is 2.00 bits per heavy atom. The smallest absolute Gasteiger partial charge is 0.263 e. The van der Waals surface area contributed by atoms with Gasteiger partial charge in [0.1, 0.15) is 17.2 Å². The first kappa shape index (κ1) is 20.5. The molecule has 0 radical (unpaired) electrons. The lowest BCUT2D eigenvalue weighted by Crippen LogP contribution is -2.45. The Kier molecular flexibility index (Phi) is 5.92. The number of hydrogen-bond acceptors (Lipinski definition) is 7. The molecule has 160 valence electrons. The Morgan fingerprint density at radius 3 is 2.71 bits per heavy atom. The molecule has 9 nitrogen and oxygen atoms in total. The van der Waals surface area contributed by atoms with Crippen molar-refractivity contribution in [3.05, 3.63) is 64.5 Å². The number of aromatic nitrogens is 4. The molecule has 1 aromatic carbocycles. The lowest BCUT2D eigenvalue weighted by Gasteiger charge is -2.30. The van der Waals surface area contributed by atoms with Crippen LogP contribution in [0.15, 0.2) is 47.7 Å². The number of H-pyrrole nitrogens is 1. The van der Waals surface area contributed by atoms with Crippen molar-refractivity contribution in [3.63, 3.8) is 0 Å². The van der Waals surface area contributed by atoms with Gasteiger partial charge in [-0.2, -0.15) is 0 Å². The second-order valence-electron chi connectivity index (χ2n) is 7.10. The minimum atomic E-state index is -0.689. The fraction of sp³-hybridized carbons (Fsp3) is 0.318. The molecule has 2 aromatic heterocycles. The van der Waals surface area contributed by atoms with Crippen LogP contribution in [0.5, 0.6) is 11.5 Å². The van der Waals surface area contributed by atoms with Gasteiger partial charge in [-0.05, 0) is 38.1 Å². The predicted octanol–water partition coefficient (Wildman–Crippen LogP) is 1.98. The zero-order valence-electron chi connectivity index (χ0n) is 17.4. The monoisotopic (exact) mass is 421 g/mol. The third-order valence-electron chi connectivity index (χ3n) is 4.98. The van der Waals surface area contributed by atoms with Crippen molar-refractivity contribution in [1.29, 1.82) is 0 Å². The van der Waals surface area contributed by atoms with Crippen LogP contribution in [-0.2, 0) is 17.8 Å². The largest absolute Gasteiger partial charge is 0.494 e. The van der Waals surface area contributed by atoms with Crippen LogP contribution < -0.4 is 15.0 Å². The molecule has 31 heavy (non-hydrogen) atoms. The number of carbonyl (C=O) groups excluding carboxylic acids is 1. The molecule has 1 atom stereocenters. The number of rotatable bonds is 6. The van der Waals surface area contributed by atoms with E-state index < -0.39 is 6.10 Å². The van der Waals surface area contributed by atoms with E-state index in [9.17, 15) is 9.59 Å². The van der Waals surface area contributed by atoms with E-state index in [1.807, 2.05) is 6.92 Å². The van der Waals surface area contributed by atoms with Crippen molar-refractivity contribution >= 4 is 5.91 Å². The van der Waals surface area contributed by atoms with Gasteiger partial charge in [-0.1, -0.05) is 0 Å². The molecule has 0 aliphatic carbocycles. The molecule has 0 fully saturated rings. The number of nitrogens with one attached hydrogen (secondary N) is 1. The summed E-state index contributed by atoms with van der Waals surface area (Å²) in [6, 6.07) is 7.13. The van der Waals surface area contributed by atoms with Crippen LogP contribution >= 0.6 is 0 Å². The van der Waals surface area contributed by atoms with Crippen molar-refractivity contribution in [3.8, 4) is 23.0 Å². The summed E-state index contributed by atoms with van der Waals surface area (Å²) >= 11 is 0. The van der Waals surface area contributed by atoms with Crippen LogP contribution in [0.3, 0.4) is 0 Å². The number of fused-ring (bicyclic) bond motifs is 1. The molecule has 1 unspecified atom stereocenters. The number of aromatic amines is 1. The summed E-state index contributed by atoms with van der Waals surface area (Å²) in [6.45, 7) is 4.85. The number of ether oxygens (including phenoxy) is 2. The third kappa shape index (κ3) is 4.55. The van der Waals surface area contributed by atoms with E-state index in [-0.39, 0.29) is 18.0 Å². The summed E-state index contributed by atoms with van der Waals surface area (Å²) in [5, 5.41) is 0. The van der Waals surface area contributed by atoms with Crippen LogP contribution in [0, 0.1) is 0 Å². The van der Waals surface area contributed by atoms with Gasteiger partial charge in [0.05, 0.1) is 30.6 Å². The summed E-state index contributed by atoms with van der Waals surface area (Å²) in [6.07, 6.45) is 4.43. The SMILES string of the molecule is CCOc1ccc(OC(C)C(=O)N2CCc3nc(-c4cnccn4)[nH]c(=O)c3C2)cc1. The van der Waals surface area contributed by atoms with Gasteiger partial charge in [0.2, 0.25) is 0 Å². The summed E-state index contributed by atoms with van der Waals surface area (Å²) < 4.78 is 11.2. The normalized spacial score (nSPS) is 13.9. The third-order valence-corrected chi connectivity index (χ3v) is 4.98. The fourth-order valence-corrected chi connectivity index (χ4v) is 3.45. The highest BCUT2D eigenvalue weighted by Gasteiger charge is 2.28. The first-order chi connectivity index (χ1) is 15.0. The number of hydrogen-bond donors (Lipinski definition) is 1. The number of benzene rings is 1. The van der Waals surface area contributed by atoms with E-state index in [0.29, 0.717) is 48.1 Å². The van der Waals surface area contributed by atoms with Gasteiger partial charge < -0.3 is 19.4 Å². The summed E-state index contributed by atoms with van der Waals surface area (Å²) in [5.41, 5.74) is 1.38. The zero-order valence-corrected chi connectivity index (χ0v) is 17.4. The Morgan fingerprint density at radius 1 is 1.23 bits per heavy atom. The Labute approximate surface area is 179 Å².